The number of carbonyl (C=O) groups is 1. The number of hydrogen-bond acceptors (Lipinski definition) is 1. The van der Waals surface area contributed by atoms with Crippen molar-refractivity contribution in [2.24, 2.45) is 5.92 Å². The Balaban J connectivity index is 1.96. The number of rotatable bonds is 3. The largest absolute Gasteiger partial charge is 0.339 e. The van der Waals surface area contributed by atoms with Crippen molar-refractivity contribution in [2.75, 3.05) is 11.9 Å². The van der Waals surface area contributed by atoms with Crippen LogP contribution in [-0.2, 0) is 4.79 Å². The monoisotopic (exact) mass is 259 g/mol. The van der Waals surface area contributed by atoms with Crippen LogP contribution in [0.3, 0.4) is 0 Å². The van der Waals surface area contributed by atoms with E-state index in [0.29, 0.717) is 17.9 Å². The topological polar surface area (TPSA) is 20.3 Å². The summed E-state index contributed by atoms with van der Waals surface area (Å²) in [5.74, 6) is 1.09. The van der Waals surface area contributed by atoms with Gasteiger partial charge in [0.15, 0.2) is 0 Å². The first-order valence-corrected chi connectivity index (χ1v) is 6.80. The molecule has 2 atom stereocenters. The lowest BCUT2D eigenvalue weighted by Gasteiger charge is -2.31. The van der Waals surface area contributed by atoms with E-state index in [4.69, 9.17) is 0 Å². The number of amides is 1. The van der Waals surface area contributed by atoms with E-state index in [9.17, 15) is 4.79 Å². The fourth-order valence-electron chi connectivity index (χ4n) is 2.88. The summed E-state index contributed by atoms with van der Waals surface area (Å²) in [7, 11) is 0. The molecule has 1 aliphatic heterocycles. The molecular weight excluding hydrogens is 242 g/mol. The SMILES string of the molecule is O=C1CC2CCCCC2N1CCCBr. The highest BCUT2D eigenvalue weighted by Gasteiger charge is 2.39. The number of carbonyl (C=O) groups excluding carboxylic acids is 1. The van der Waals surface area contributed by atoms with Crippen LogP contribution in [0.4, 0.5) is 0 Å². The predicted octanol–water partition coefficient (Wildman–Crippen LogP) is 2.56. The summed E-state index contributed by atoms with van der Waals surface area (Å²) in [6.07, 6.45) is 7.10. The molecule has 0 radical (unpaired) electrons. The highest BCUT2D eigenvalue weighted by atomic mass is 79.9. The van der Waals surface area contributed by atoms with Gasteiger partial charge in [-0.1, -0.05) is 28.8 Å². The summed E-state index contributed by atoms with van der Waals surface area (Å²) in [5.41, 5.74) is 0. The zero-order chi connectivity index (χ0) is 9.97. The summed E-state index contributed by atoms with van der Waals surface area (Å²) in [6.45, 7) is 0.964. The Labute approximate surface area is 94.2 Å². The lowest BCUT2D eigenvalue weighted by Crippen LogP contribution is -2.37. The molecule has 2 aliphatic rings. The van der Waals surface area contributed by atoms with E-state index in [1.807, 2.05) is 0 Å². The Bertz CT molecular complexity index is 219. The Hall–Kier alpha value is -0.0500. The molecule has 14 heavy (non-hydrogen) atoms. The smallest absolute Gasteiger partial charge is 0.223 e. The Morgan fingerprint density at radius 1 is 1.36 bits per heavy atom. The molecule has 1 amide bonds. The van der Waals surface area contributed by atoms with Gasteiger partial charge in [-0.05, 0) is 25.2 Å². The number of alkyl halides is 1. The number of likely N-dealkylation sites (tertiary alicyclic amines) is 1. The zero-order valence-electron chi connectivity index (χ0n) is 8.54. The first-order valence-electron chi connectivity index (χ1n) is 5.68. The molecule has 2 nitrogen and oxygen atoms in total. The average Bonchev–Trinajstić information content (AvgIpc) is 2.51. The van der Waals surface area contributed by atoms with Crippen LogP contribution in [0.15, 0.2) is 0 Å². The molecule has 2 fully saturated rings. The lowest BCUT2D eigenvalue weighted by molar-refractivity contribution is -0.129. The number of halogens is 1. The van der Waals surface area contributed by atoms with Crippen LogP contribution >= 0.6 is 15.9 Å². The molecule has 1 aliphatic carbocycles. The van der Waals surface area contributed by atoms with Crippen molar-refractivity contribution in [3.8, 4) is 0 Å². The van der Waals surface area contributed by atoms with E-state index in [1.54, 1.807) is 0 Å². The molecular formula is C11H18BrNO. The third-order valence-electron chi connectivity index (χ3n) is 3.56. The summed E-state index contributed by atoms with van der Waals surface area (Å²) in [5, 5.41) is 1.01. The van der Waals surface area contributed by atoms with Crippen LogP contribution in [0, 0.1) is 5.92 Å². The van der Waals surface area contributed by atoms with E-state index in [1.165, 1.54) is 25.7 Å². The second kappa shape index (κ2) is 4.65. The minimum atomic E-state index is 0.405. The molecule has 0 spiro atoms. The summed E-state index contributed by atoms with van der Waals surface area (Å²) >= 11 is 3.43. The minimum absolute atomic E-state index is 0.405. The fourth-order valence-corrected chi connectivity index (χ4v) is 3.13. The second-order valence-electron chi connectivity index (χ2n) is 4.45. The minimum Gasteiger partial charge on any atom is -0.339 e. The average molecular weight is 260 g/mol. The second-order valence-corrected chi connectivity index (χ2v) is 5.24. The van der Waals surface area contributed by atoms with Gasteiger partial charge in [0.2, 0.25) is 5.91 Å². The van der Waals surface area contributed by atoms with Gasteiger partial charge in [-0.25, -0.2) is 0 Å². The normalized spacial score (nSPS) is 32.1. The van der Waals surface area contributed by atoms with Crippen LogP contribution in [0.1, 0.15) is 38.5 Å². The van der Waals surface area contributed by atoms with Gasteiger partial charge in [-0.3, -0.25) is 4.79 Å². The van der Waals surface area contributed by atoms with Crippen LogP contribution in [0.2, 0.25) is 0 Å². The van der Waals surface area contributed by atoms with Gasteiger partial charge in [-0.15, -0.1) is 0 Å². The summed E-state index contributed by atoms with van der Waals surface area (Å²) < 4.78 is 0. The van der Waals surface area contributed by atoms with Crippen molar-refractivity contribution >= 4 is 21.8 Å². The molecule has 2 rings (SSSR count). The standard InChI is InChI=1S/C11H18BrNO/c12-6-3-7-13-10-5-2-1-4-9(10)8-11(13)14/h9-10H,1-8H2. The molecule has 1 heterocycles. The molecule has 0 N–H and O–H groups in total. The molecule has 0 aromatic carbocycles. The van der Waals surface area contributed by atoms with E-state index in [2.05, 4.69) is 20.8 Å². The Kier molecular flexibility index (Phi) is 3.47. The van der Waals surface area contributed by atoms with Crippen molar-refractivity contribution in [1.29, 1.82) is 0 Å². The first-order chi connectivity index (χ1) is 6.83. The first kappa shape index (κ1) is 10.5. The molecule has 3 heteroatoms. The van der Waals surface area contributed by atoms with E-state index in [0.717, 1.165) is 24.7 Å². The van der Waals surface area contributed by atoms with Crippen LogP contribution < -0.4 is 0 Å². The maximum Gasteiger partial charge on any atom is 0.223 e. The number of fused-ring (bicyclic) bond motifs is 1. The van der Waals surface area contributed by atoms with Crippen LogP contribution in [-0.4, -0.2) is 28.7 Å². The van der Waals surface area contributed by atoms with Gasteiger partial charge in [0.25, 0.3) is 0 Å². The van der Waals surface area contributed by atoms with Crippen LogP contribution in [0.25, 0.3) is 0 Å². The third-order valence-corrected chi connectivity index (χ3v) is 4.12. The van der Waals surface area contributed by atoms with E-state index < -0.39 is 0 Å². The Morgan fingerprint density at radius 2 is 2.14 bits per heavy atom. The third kappa shape index (κ3) is 1.97. The highest BCUT2D eigenvalue weighted by molar-refractivity contribution is 9.09. The molecule has 2 unspecified atom stereocenters. The van der Waals surface area contributed by atoms with Crippen molar-refractivity contribution in [1.82, 2.24) is 4.90 Å². The van der Waals surface area contributed by atoms with Crippen molar-refractivity contribution in [3.05, 3.63) is 0 Å². The molecule has 0 aromatic heterocycles. The van der Waals surface area contributed by atoms with Gasteiger partial charge < -0.3 is 4.90 Å². The summed E-state index contributed by atoms with van der Waals surface area (Å²) in [4.78, 5) is 13.9. The lowest BCUT2D eigenvalue weighted by atomic mass is 9.85. The molecule has 0 bridgehead atoms. The van der Waals surface area contributed by atoms with E-state index in [-0.39, 0.29) is 0 Å². The predicted molar refractivity (Wildman–Crippen MR) is 60.5 cm³/mol. The summed E-state index contributed by atoms with van der Waals surface area (Å²) in [6, 6.07) is 0.593. The van der Waals surface area contributed by atoms with E-state index >= 15 is 0 Å². The number of hydrogen-bond donors (Lipinski definition) is 0. The number of nitrogens with zero attached hydrogens (tertiary/aromatic N) is 1. The van der Waals surface area contributed by atoms with Gasteiger partial charge in [0.05, 0.1) is 0 Å². The van der Waals surface area contributed by atoms with Crippen molar-refractivity contribution < 1.29 is 4.79 Å². The van der Waals surface area contributed by atoms with Crippen molar-refractivity contribution in [3.63, 3.8) is 0 Å². The van der Waals surface area contributed by atoms with Gasteiger partial charge in [0.1, 0.15) is 0 Å². The molecule has 1 saturated heterocycles. The van der Waals surface area contributed by atoms with Gasteiger partial charge in [-0.2, -0.15) is 0 Å². The van der Waals surface area contributed by atoms with Crippen molar-refractivity contribution in [2.45, 2.75) is 44.6 Å². The highest BCUT2D eigenvalue weighted by Crippen LogP contribution is 2.36. The fraction of sp³-hybridized carbons (Fsp3) is 0.909. The van der Waals surface area contributed by atoms with Crippen LogP contribution in [0.5, 0.6) is 0 Å². The maximum absolute atomic E-state index is 11.8. The zero-order valence-corrected chi connectivity index (χ0v) is 10.1. The molecule has 0 aromatic rings. The van der Waals surface area contributed by atoms with Gasteiger partial charge in [0, 0.05) is 24.3 Å². The molecule has 1 saturated carbocycles. The molecule has 80 valence electrons. The Morgan fingerprint density at radius 3 is 2.93 bits per heavy atom. The quantitative estimate of drug-likeness (QED) is 0.714. The maximum atomic E-state index is 11.8. The van der Waals surface area contributed by atoms with Gasteiger partial charge >= 0.3 is 0 Å².